The lowest BCUT2D eigenvalue weighted by Crippen LogP contribution is -2.34. The van der Waals surface area contributed by atoms with Crippen molar-refractivity contribution in [2.24, 2.45) is 5.92 Å². The molecule has 0 aliphatic heterocycles. The fraction of sp³-hybridized carbons (Fsp3) is 0.438. The van der Waals surface area contributed by atoms with Gasteiger partial charge in [-0.15, -0.1) is 0 Å². The van der Waals surface area contributed by atoms with E-state index in [9.17, 15) is 29.0 Å². The molecule has 46 heavy (non-hydrogen) atoms. The van der Waals surface area contributed by atoms with Gasteiger partial charge in [0, 0.05) is 41.1 Å². The molecular weight excluding hydrogens is 646 g/mol. The number of carboxylic acids is 1. The number of Topliss-reactive ketones (excluding diaryl/α,β-unsaturated/α-hetero) is 1. The predicted octanol–water partition coefficient (Wildman–Crippen LogP) is 4.85. The van der Waals surface area contributed by atoms with E-state index in [0.29, 0.717) is 36.8 Å². The third-order valence-electron chi connectivity index (χ3n) is 6.61. The number of carbonyl (C=O) groups excluding carboxylic acids is 2. The number of ether oxygens (including phenoxy) is 3. The molecule has 1 aromatic heterocycles. The van der Waals surface area contributed by atoms with Crippen molar-refractivity contribution >= 4 is 40.9 Å². The second kappa shape index (κ2) is 20.7. The van der Waals surface area contributed by atoms with Gasteiger partial charge in [-0.2, -0.15) is 5.10 Å². The van der Waals surface area contributed by atoms with Crippen molar-refractivity contribution in [2.45, 2.75) is 45.3 Å². The first-order valence-electron chi connectivity index (χ1n) is 14.6. The van der Waals surface area contributed by atoms with E-state index >= 15 is 0 Å². The molecule has 3 aromatic rings. The summed E-state index contributed by atoms with van der Waals surface area (Å²) in [5.41, 5.74) is 0.209. The molecule has 11 nitrogen and oxygen atoms in total. The second-order valence-electron chi connectivity index (χ2n) is 10.1. The zero-order valence-corrected chi connectivity index (χ0v) is 27.2. The zero-order valence-electron chi connectivity index (χ0n) is 25.7. The van der Waals surface area contributed by atoms with Crippen molar-refractivity contribution in [3.8, 4) is 0 Å². The summed E-state index contributed by atoms with van der Waals surface area (Å²) in [5.74, 6) is -4.41. The minimum atomic E-state index is -1.63. The summed E-state index contributed by atoms with van der Waals surface area (Å²) < 4.78 is 30.0. The highest BCUT2D eigenvalue weighted by molar-refractivity contribution is 6.31. The summed E-state index contributed by atoms with van der Waals surface area (Å²) in [6.45, 7) is 3.46. The summed E-state index contributed by atoms with van der Waals surface area (Å²) in [6.07, 6.45) is -0.481. The molecule has 0 fully saturated rings. The molecule has 2 aromatic carbocycles. The number of nitrogens with zero attached hydrogens (tertiary/aromatic N) is 2. The van der Waals surface area contributed by atoms with Crippen LogP contribution in [0.15, 0.2) is 48.5 Å². The van der Waals surface area contributed by atoms with Crippen LogP contribution in [0.3, 0.4) is 0 Å². The Labute approximate surface area is 276 Å². The molecule has 0 spiro atoms. The molecule has 0 amide bonds. The summed E-state index contributed by atoms with van der Waals surface area (Å²) >= 11 is 12.0. The van der Waals surface area contributed by atoms with Gasteiger partial charge in [-0.25, -0.2) is 14.0 Å². The lowest BCUT2D eigenvalue weighted by atomic mass is 9.88. The summed E-state index contributed by atoms with van der Waals surface area (Å²) in [4.78, 5) is 37.5. The molecular formula is C32H39Cl2FN2O9. The fourth-order valence-corrected chi connectivity index (χ4v) is 4.52. The Morgan fingerprint density at radius 3 is 2.39 bits per heavy atom. The molecule has 252 valence electrons. The van der Waals surface area contributed by atoms with Crippen LogP contribution in [0.2, 0.25) is 10.0 Å². The second-order valence-corrected chi connectivity index (χ2v) is 10.9. The molecule has 1 heterocycles. The Balaban J connectivity index is 0.000000812. The van der Waals surface area contributed by atoms with Crippen molar-refractivity contribution in [3.05, 3.63) is 86.9 Å². The van der Waals surface area contributed by atoms with Crippen LogP contribution in [-0.2, 0) is 32.0 Å². The van der Waals surface area contributed by atoms with Crippen LogP contribution >= 0.6 is 23.2 Å². The molecule has 0 saturated carbocycles. The maximum absolute atomic E-state index is 14.3. The third-order valence-corrected chi connectivity index (χ3v) is 7.21. The van der Waals surface area contributed by atoms with Gasteiger partial charge in [0.25, 0.3) is 0 Å². The van der Waals surface area contributed by atoms with Gasteiger partial charge >= 0.3 is 11.9 Å². The number of hydrogen-bond donors (Lipinski definition) is 3. The minimum absolute atomic E-state index is 0.0813. The van der Waals surface area contributed by atoms with E-state index in [-0.39, 0.29) is 54.6 Å². The standard InChI is InChI=1S/C27H27Cl2FN2O6.C5H12O3/c1-2-3-10-38-27(37)25(34)18(11-16-6-4-5-7-20(16)29)12-24(33)22-14-23(26(35)36)32(31-22)15-17-8-9-19(28)13-21(17)30;1-7-4-5-8-3-2-6/h4-9,13-14,18,25,34H,2-3,10-12,15H2,1H3,(H,35,36);6H,2-5H2,1H3/t18-,25+;/m0./s1. The van der Waals surface area contributed by atoms with Crippen molar-refractivity contribution < 1.29 is 48.3 Å². The largest absolute Gasteiger partial charge is 0.477 e. The van der Waals surface area contributed by atoms with Crippen molar-refractivity contribution in [1.82, 2.24) is 9.78 Å². The minimum Gasteiger partial charge on any atom is -0.477 e. The number of hydrogen-bond acceptors (Lipinski definition) is 9. The van der Waals surface area contributed by atoms with Gasteiger partial charge < -0.3 is 29.5 Å². The maximum atomic E-state index is 14.3. The number of carboxylic acid groups (broad SMARTS) is 1. The SMILES string of the molecule is CCCCOC(=O)[C@H](O)[C@H](CC(=O)c1cc(C(=O)O)n(Cc2ccc(Cl)cc2F)n1)Cc1ccccc1Cl.COCCOCCO. The molecule has 0 radical (unpaired) electrons. The van der Waals surface area contributed by atoms with Crippen LogP contribution in [0.1, 0.15) is 58.3 Å². The van der Waals surface area contributed by atoms with Crippen molar-refractivity contribution in [3.63, 3.8) is 0 Å². The summed E-state index contributed by atoms with van der Waals surface area (Å²) in [5, 5.41) is 33.3. The number of aliphatic hydroxyl groups excluding tert-OH is 2. The van der Waals surface area contributed by atoms with Crippen LogP contribution < -0.4 is 0 Å². The number of esters is 1. The Morgan fingerprint density at radius 2 is 1.76 bits per heavy atom. The van der Waals surface area contributed by atoms with Crippen LogP contribution in [-0.4, -0.2) is 89.1 Å². The first kappa shape index (κ1) is 38.8. The molecule has 2 atom stereocenters. The van der Waals surface area contributed by atoms with Crippen molar-refractivity contribution in [1.29, 1.82) is 0 Å². The zero-order chi connectivity index (χ0) is 34.1. The third kappa shape index (κ3) is 12.8. The fourth-order valence-electron chi connectivity index (χ4n) is 4.15. The van der Waals surface area contributed by atoms with Gasteiger partial charge in [0.2, 0.25) is 0 Å². The average Bonchev–Trinajstić information content (AvgIpc) is 3.46. The van der Waals surface area contributed by atoms with Crippen molar-refractivity contribution in [2.75, 3.05) is 40.1 Å². The monoisotopic (exact) mass is 684 g/mol. The molecule has 3 N–H and O–H groups in total. The number of methoxy groups -OCH3 is 1. The van der Waals surface area contributed by atoms with E-state index in [1.165, 1.54) is 12.1 Å². The Hall–Kier alpha value is -3.39. The highest BCUT2D eigenvalue weighted by Crippen LogP contribution is 2.25. The number of carbonyl (C=O) groups is 3. The number of benzene rings is 2. The molecule has 0 aliphatic carbocycles. The lowest BCUT2D eigenvalue weighted by Gasteiger charge is -2.21. The van der Waals surface area contributed by atoms with Crippen LogP contribution in [0.5, 0.6) is 0 Å². The number of rotatable bonds is 18. The average molecular weight is 686 g/mol. The van der Waals surface area contributed by atoms with Crippen LogP contribution in [0.25, 0.3) is 0 Å². The molecule has 14 heteroatoms. The van der Waals surface area contributed by atoms with Gasteiger partial charge in [0.15, 0.2) is 11.9 Å². The van der Waals surface area contributed by atoms with Crippen LogP contribution in [0, 0.1) is 11.7 Å². The Morgan fingerprint density at radius 1 is 1.02 bits per heavy atom. The van der Waals surface area contributed by atoms with E-state index in [2.05, 4.69) is 9.84 Å². The van der Waals surface area contributed by atoms with E-state index in [0.717, 1.165) is 23.2 Å². The van der Waals surface area contributed by atoms with Crippen LogP contribution in [0.4, 0.5) is 4.39 Å². The highest BCUT2D eigenvalue weighted by Gasteiger charge is 2.32. The smallest absolute Gasteiger partial charge is 0.354 e. The summed E-state index contributed by atoms with van der Waals surface area (Å²) in [7, 11) is 1.61. The predicted molar refractivity (Wildman–Crippen MR) is 169 cm³/mol. The Kier molecular flexibility index (Phi) is 17.4. The first-order valence-corrected chi connectivity index (χ1v) is 15.3. The maximum Gasteiger partial charge on any atom is 0.354 e. The van der Waals surface area contributed by atoms with E-state index < -0.39 is 35.6 Å². The summed E-state index contributed by atoms with van der Waals surface area (Å²) in [6, 6.07) is 11.9. The van der Waals surface area contributed by atoms with Gasteiger partial charge in [0.05, 0.1) is 39.6 Å². The highest BCUT2D eigenvalue weighted by atomic mass is 35.5. The van der Waals surface area contributed by atoms with Gasteiger partial charge in [0.1, 0.15) is 17.2 Å². The molecule has 0 bridgehead atoms. The number of aromatic carboxylic acids is 1. The number of aliphatic hydroxyl groups is 2. The number of halogens is 3. The topological polar surface area (TPSA) is 157 Å². The molecule has 0 saturated heterocycles. The first-order chi connectivity index (χ1) is 22.0. The lowest BCUT2D eigenvalue weighted by molar-refractivity contribution is -0.156. The quantitative estimate of drug-likeness (QED) is 0.0961. The molecule has 0 aliphatic rings. The Bertz CT molecular complexity index is 1410. The number of aromatic nitrogens is 2. The van der Waals surface area contributed by atoms with E-state index in [1.54, 1.807) is 31.4 Å². The number of ketones is 1. The normalized spacial score (nSPS) is 12.2. The van der Waals surface area contributed by atoms with Gasteiger partial charge in [-0.05, 0) is 36.6 Å². The van der Waals surface area contributed by atoms with Gasteiger partial charge in [-0.1, -0.05) is 60.8 Å². The molecule has 3 rings (SSSR count). The van der Waals surface area contributed by atoms with E-state index in [1.807, 2.05) is 6.92 Å². The number of unbranched alkanes of at least 4 members (excludes halogenated alkanes) is 1. The van der Waals surface area contributed by atoms with Gasteiger partial charge in [-0.3, -0.25) is 9.48 Å². The van der Waals surface area contributed by atoms with E-state index in [4.69, 9.17) is 37.8 Å². The molecule has 0 unspecified atom stereocenters.